The highest BCUT2D eigenvalue weighted by molar-refractivity contribution is 5.92. The molecule has 3 heterocycles. The quantitative estimate of drug-likeness (QED) is 0.804. The van der Waals surface area contributed by atoms with Gasteiger partial charge in [-0.15, -0.1) is 0 Å². The predicted octanol–water partition coefficient (Wildman–Crippen LogP) is 0.0125. The van der Waals surface area contributed by atoms with Gasteiger partial charge in [-0.25, -0.2) is 0 Å². The molecule has 0 aromatic carbocycles. The van der Waals surface area contributed by atoms with Crippen LogP contribution in [0.3, 0.4) is 0 Å². The standard InChI is InChI=1S/C15H22N4O2/c16-11-4-7-18(8-5-11)12-6-9-19(10-12)15(21)13-2-1-3-14(20)17-13/h1-3,11-12H,4-10,16H2,(H,17,20). The largest absolute Gasteiger partial charge is 0.336 e. The maximum absolute atomic E-state index is 12.4. The van der Waals surface area contributed by atoms with Gasteiger partial charge in [0.2, 0.25) is 5.56 Å². The van der Waals surface area contributed by atoms with Gasteiger partial charge in [-0.3, -0.25) is 14.5 Å². The second kappa shape index (κ2) is 5.99. The first-order chi connectivity index (χ1) is 10.1. The molecular weight excluding hydrogens is 268 g/mol. The van der Waals surface area contributed by atoms with Gasteiger partial charge in [0.15, 0.2) is 0 Å². The summed E-state index contributed by atoms with van der Waals surface area (Å²) >= 11 is 0. The zero-order chi connectivity index (χ0) is 14.8. The Morgan fingerprint density at radius 1 is 1.19 bits per heavy atom. The van der Waals surface area contributed by atoms with Crippen molar-refractivity contribution in [2.24, 2.45) is 5.73 Å². The van der Waals surface area contributed by atoms with E-state index in [1.54, 1.807) is 12.1 Å². The van der Waals surface area contributed by atoms with E-state index in [0.29, 0.717) is 17.8 Å². The van der Waals surface area contributed by atoms with Gasteiger partial charge in [-0.05, 0) is 38.4 Å². The van der Waals surface area contributed by atoms with E-state index >= 15 is 0 Å². The number of nitrogens with zero attached hydrogens (tertiary/aromatic N) is 2. The molecule has 0 radical (unpaired) electrons. The Labute approximate surface area is 123 Å². The lowest BCUT2D eigenvalue weighted by Crippen LogP contribution is -2.46. The van der Waals surface area contributed by atoms with Crippen LogP contribution in [0.2, 0.25) is 0 Å². The van der Waals surface area contributed by atoms with Crippen LogP contribution in [0.15, 0.2) is 23.0 Å². The number of carbonyl (C=O) groups excluding carboxylic acids is 1. The molecule has 3 rings (SSSR count). The minimum Gasteiger partial charge on any atom is -0.336 e. The molecule has 21 heavy (non-hydrogen) atoms. The van der Waals surface area contributed by atoms with Crippen molar-refractivity contribution < 1.29 is 4.79 Å². The number of H-pyrrole nitrogens is 1. The van der Waals surface area contributed by atoms with Crippen LogP contribution in [0.5, 0.6) is 0 Å². The fraction of sp³-hybridized carbons (Fsp3) is 0.600. The lowest BCUT2D eigenvalue weighted by molar-refractivity contribution is 0.0763. The van der Waals surface area contributed by atoms with Gasteiger partial charge < -0.3 is 15.6 Å². The number of aromatic nitrogens is 1. The molecule has 1 amide bonds. The molecular formula is C15H22N4O2. The zero-order valence-electron chi connectivity index (χ0n) is 12.1. The number of rotatable bonds is 2. The molecule has 2 aliphatic rings. The van der Waals surface area contributed by atoms with Crippen molar-refractivity contribution in [2.45, 2.75) is 31.3 Å². The average Bonchev–Trinajstić information content (AvgIpc) is 2.97. The number of hydrogen-bond donors (Lipinski definition) is 2. The molecule has 1 aromatic heterocycles. The third-order valence-electron chi connectivity index (χ3n) is 4.54. The summed E-state index contributed by atoms with van der Waals surface area (Å²) in [6.45, 7) is 3.54. The molecule has 0 aliphatic carbocycles. The fourth-order valence-corrected chi connectivity index (χ4v) is 3.25. The highest BCUT2D eigenvalue weighted by Crippen LogP contribution is 2.20. The van der Waals surface area contributed by atoms with E-state index in [-0.39, 0.29) is 11.5 Å². The number of carbonyl (C=O) groups is 1. The second-order valence-corrected chi connectivity index (χ2v) is 6.00. The number of hydrogen-bond acceptors (Lipinski definition) is 4. The third kappa shape index (κ3) is 3.16. The Morgan fingerprint density at radius 2 is 1.95 bits per heavy atom. The summed E-state index contributed by atoms with van der Waals surface area (Å²) in [4.78, 5) is 30.6. The molecule has 114 valence electrons. The number of pyridine rings is 1. The second-order valence-electron chi connectivity index (χ2n) is 6.00. The summed E-state index contributed by atoms with van der Waals surface area (Å²) in [5, 5.41) is 0. The fourth-order valence-electron chi connectivity index (χ4n) is 3.25. The van der Waals surface area contributed by atoms with Crippen molar-refractivity contribution >= 4 is 5.91 Å². The van der Waals surface area contributed by atoms with Gasteiger partial charge in [0, 0.05) is 31.2 Å². The summed E-state index contributed by atoms with van der Waals surface area (Å²) in [7, 11) is 0. The number of piperidine rings is 1. The first-order valence-corrected chi connectivity index (χ1v) is 7.62. The minimum absolute atomic E-state index is 0.0797. The number of nitrogens with two attached hydrogens (primary N) is 1. The lowest BCUT2D eigenvalue weighted by atomic mass is 10.0. The Hall–Kier alpha value is -1.66. The predicted molar refractivity (Wildman–Crippen MR) is 80.2 cm³/mol. The van der Waals surface area contributed by atoms with Crippen LogP contribution < -0.4 is 11.3 Å². The SMILES string of the molecule is NC1CCN(C2CCN(C(=O)c3cccc(=O)[nH]3)C2)CC1. The van der Waals surface area contributed by atoms with Gasteiger partial charge in [-0.1, -0.05) is 6.07 Å². The summed E-state index contributed by atoms with van der Waals surface area (Å²) in [5.41, 5.74) is 6.08. The van der Waals surface area contributed by atoms with Crippen molar-refractivity contribution in [1.82, 2.24) is 14.8 Å². The minimum atomic E-state index is -0.235. The van der Waals surface area contributed by atoms with Crippen LogP contribution in [0.1, 0.15) is 29.8 Å². The number of likely N-dealkylation sites (tertiary alicyclic amines) is 2. The van der Waals surface area contributed by atoms with Gasteiger partial charge in [0.25, 0.3) is 5.91 Å². The van der Waals surface area contributed by atoms with Crippen LogP contribution in [-0.4, -0.2) is 59.0 Å². The van der Waals surface area contributed by atoms with E-state index in [1.807, 2.05) is 4.90 Å². The molecule has 2 aliphatic heterocycles. The molecule has 0 spiro atoms. The van der Waals surface area contributed by atoms with Crippen molar-refractivity contribution in [3.05, 3.63) is 34.2 Å². The van der Waals surface area contributed by atoms with E-state index < -0.39 is 0 Å². The summed E-state index contributed by atoms with van der Waals surface area (Å²) in [6, 6.07) is 5.45. The Balaban J connectivity index is 1.61. The lowest BCUT2D eigenvalue weighted by Gasteiger charge is -2.34. The summed E-state index contributed by atoms with van der Waals surface area (Å²) in [5.74, 6) is -0.0797. The van der Waals surface area contributed by atoms with E-state index in [4.69, 9.17) is 5.73 Å². The van der Waals surface area contributed by atoms with Crippen LogP contribution in [-0.2, 0) is 0 Å². The van der Waals surface area contributed by atoms with Crippen LogP contribution in [0.4, 0.5) is 0 Å². The monoisotopic (exact) mass is 290 g/mol. The smallest absolute Gasteiger partial charge is 0.270 e. The van der Waals surface area contributed by atoms with E-state index in [1.165, 1.54) is 6.07 Å². The molecule has 0 bridgehead atoms. The molecule has 1 unspecified atom stereocenters. The molecule has 1 aromatic rings. The molecule has 2 fully saturated rings. The normalized spacial score (nSPS) is 24.4. The van der Waals surface area contributed by atoms with Gasteiger partial charge in [0.05, 0.1) is 0 Å². The first kappa shape index (κ1) is 14.3. The third-order valence-corrected chi connectivity index (χ3v) is 4.54. The maximum atomic E-state index is 12.4. The molecule has 3 N–H and O–H groups in total. The molecule has 2 saturated heterocycles. The van der Waals surface area contributed by atoms with E-state index in [0.717, 1.165) is 45.4 Å². The Kier molecular flexibility index (Phi) is 4.07. The average molecular weight is 290 g/mol. The van der Waals surface area contributed by atoms with Gasteiger partial charge in [0.1, 0.15) is 5.69 Å². The van der Waals surface area contributed by atoms with Crippen LogP contribution in [0.25, 0.3) is 0 Å². The van der Waals surface area contributed by atoms with Crippen LogP contribution >= 0.6 is 0 Å². The van der Waals surface area contributed by atoms with E-state index in [2.05, 4.69) is 9.88 Å². The Bertz CT molecular complexity index is 563. The Morgan fingerprint density at radius 3 is 2.67 bits per heavy atom. The van der Waals surface area contributed by atoms with Crippen molar-refractivity contribution in [2.75, 3.05) is 26.2 Å². The maximum Gasteiger partial charge on any atom is 0.270 e. The highest BCUT2D eigenvalue weighted by Gasteiger charge is 2.32. The van der Waals surface area contributed by atoms with Crippen LogP contribution in [0, 0.1) is 0 Å². The molecule has 6 nitrogen and oxygen atoms in total. The molecule has 0 saturated carbocycles. The molecule has 6 heteroatoms. The first-order valence-electron chi connectivity index (χ1n) is 7.62. The van der Waals surface area contributed by atoms with Crippen molar-refractivity contribution in [1.29, 1.82) is 0 Å². The number of amides is 1. The van der Waals surface area contributed by atoms with E-state index in [9.17, 15) is 9.59 Å². The summed E-state index contributed by atoms with van der Waals surface area (Å²) < 4.78 is 0. The van der Waals surface area contributed by atoms with Crippen molar-refractivity contribution in [3.63, 3.8) is 0 Å². The molecule has 1 atom stereocenters. The number of aromatic amines is 1. The zero-order valence-corrected chi connectivity index (χ0v) is 12.1. The van der Waals surface area contributed by atoms with Gasteiger partial charge in [-0.2, -0.15) is 0 Å². The summed E-state index contributed by atoms with van der Waals surface area (Å²) in [6.07, 6.45) is 3.07. The van der Waals surface area contributed by atoms with Gasteiger partial charge >= 0.3 is 0 Å². The van der Waals surface area contributed by atoms with Crippen molar-refractivity contribution in [3.8, 4) is 0 Å². The topological polar surface area (TPSA) is 82.4 Å². The number of nitrogens with one attached hydrogen (secondary N) is 1. The highest BCUT2D eigenvalue weighted by atomic mass is 16.2.